The van der Waals surface area contributed by atoms with Crippen molar-refractivity contribution in [1.29, 1.82) is 0 Å². The van der Waals surface area contributed by atoms with Crippen molar-refractivity contribution >= 4 is 30.1 Å². The Morgan fingerprint density at radius 2 is 1.56 bits per heavy atom. The van der Waals surface area contributed by atoms with Crippen LogP contribution in [0.4, 0.5) is 5.69 Å². The normalized spacial score (nSPS) is 16.4. The summed E-state index contributed by atoms with van der Waals surface area (Å²) in [4.78, 5) is 19.9. The first-order chi connectivity index (χ1) is 15.1. The van der Waals surface area contributed by atoms with Gasteiger partial charge in [-0.05, 0) is 47.9 Å². The van der Waals surface area contributed by atoms with Gasteiger partial charge in [0, 0.05) is 30.2 Å². The van der Waals surface area contributed by atoms with Crippen LogP contribution >= 0.6 is 11.6 Å². The smallest absolute Gasteiger partial charge is 0.211 e. The lowest BCUT2D eigenvalue weighted by molar-refractivity contribution is -0.109. The van der Waals surface area contributed by atoms with Crippen molar-refractivity contribution in [3.63, 3.8) is 0 Å². The molecule has 0 radical (unpaired) electrons. The summed E-state index contributed by atoms with van der Waals surface area (Å²) >= 11 is 6.03. The van der Waals surface area contributed by atoms with Gasteiger partial charge in [-0.2, -0.15) is 0 Å². The minimum Gasteiger partial charge on any atom is -0.362 e. The first-order valence-corrected chi connectivity index (χ1v) is 12.2. The fraction of sp³-hybridized carbons (Fsp3) is 0.692. The van der Waals surface area contributed by atoms with Gasteiger partial charge in [0.25, 0.3) is 0 Å². The average Bonchev–Trinajstić information content (AvgIpc) is 3.17. The van der Waals surface area contributed by atoms with Gasteiger partial charge in [0.1, 0.15) is 0 Å². The molecular weight excluding hydrogens is 422 g/mol. The van der Waals surface area contributed by atoms with E-state index < -0.39 is 0 Å². The minimum absolute atomic E-state index is 0.305. The second-order valence-electron chi connectivity index (χ2n) is 8.92. The van der Waals surface area contributed by atoms with Gasteiger partial charge in [-0.25, -0.2) is 0 Å². The molecule has 0 spiro atoms. The van der Waals surface area contributed by atoms with Gasteiger partial charge in [0.2, 0.25) is 12.8 Å². The number of rotatable bonds is 5. The highest BCUT2D eigenvalue weighted by molar-refractivity contribution is 6.30. The Kier molecular flexibility index (Phi) is 23.3. The summed E-state index contributed by atoms with van der Waals surface area (Å²) in [5.74, 6) is 1.84. The van der Waals surface area contributed by atoms with Crippen LogP contribution in [0.2, 0.25) is 5.02 Å². The number of hydrogen-bond donors (Lipinski definition) is 3. The van der Waals surface area contributed by atoms with Crippen LogP contribution in [0.15, 0.2) is 18.2 Å². The molecule has 32 heavy (non-hydrogen) atoms. The molecule has 1 heterocycles. The largest absolute Gasteiger partial charge is 0.362 e. The molecule has 1 aromatic carbocycles. The van der Waals surface area contributed by atoms with Crippen molar-refractivity contribution < 1.29 is 9.59 Å². The molecular formula is C26H50ClN3O2. The number of nitrogens with one attached hydrogen (secondary N) is 3. The fourth-order valence-corrected chi connectivity index (χ4v) is 3.31. The molecule has 0 bridgehead atoms. The second kappa shape index (κ2) is 21.3. The van der Waals surface area contributed by atoms with Crippen LogP contribution in [0.1, 0.15) is 87.1 Å². The first-order valence-electron chi connectivity index (χ1n) is 11.9. The highest BCUT2D eigenvalue weighted by Crippen LogP contribution is 2.39. The molecule has 5 nitrogen and oxygen atoms in total. The van der Waals surface area contributed by atoms with Crippen LogP contribution < -0.4 is 16.0 Å². The third kappa shape index (κ3) is 18.0. The van der Waals surface area contributed by atoms with Gasteiger partial charge >= 0.3 is 0 Å². The average molecular weight is 472 g/mol. The van der Waals surface area contributed by atoms with Crippen LogP contribution in [0.5, 0.6) is 0 Å². The Hall–Kier alpha value is -1.59. The second-order valence-corrected chi connectivity index (χ2v) is 9.36. The lowest BCUT2D eigenvalue weighted by Crippen LogP contribution is -2.19. The number of hydrogen-bond acceptors (Lipinski definition) is 3. The molecule has 2 atom stereocenters. The quantitative estimate of drug-likeness (QED) is 0.417. The maximum absolute atomic E-state index is 10.8. The molecule has 2 amide bonds. The molecule has 1 saturated heterocycles. The molecule has 2 unspecified atom stereocenters. The summed E-state index contributed by atoms with van der Waals surface area (Å²) in [6, 6.07) is 5.78. The van der Waals surface area contributed by atoms with E-state index in [1.165, 1.54) is 5.56 Å². The van der Waals surface area contributed by atoms with Crippen molar-refractivity contribution in [2.75, 3.05) is 25.5 Å². The molecule has 2 rings (SSSR count). The molecule has 1 fully saturated rings. The molecule has 0 saturated carbocycles. The number of anilines is 1. The van der Waals surface area contributed by atoms with Crippen molar-refractivity contribution in [2.24, 2.45) is 17.3 Å². The Labute approximate surface area is 203 Å². The maximum Gasteiger partial charge on any atom is 0.211 e. The third-order valence-corrected chi connectivity index (χ3v) is 4.20. The zero-order chi connectivity index (χ0) is 25.7. The molecule has 0 aromatic heterocycles. The highest BCUT2D eigenvalue weighted by Gasteiger charge is 2.32. The van der Waals surface area contributed by atoms with Gasteiger partial charge in [0.05, 0.1) is 0 Å². The van der Waals surface area contributed by atoms with E-state index in [1.54, 1.807) is 7.05 Å². The maximum atomic E-state index is 10.8. The van der Waals surface area contributed by atoms with E-state index >= 15 is 0 Å². The van der Waals surface area contributed by atoms with Gasteiger partial charge in [-0.1, -0.05) is 86.9 Å². The van der Waals surface area contributed by atoms with E-state index in [1.807, 2.05) is 45.9 Å². The topological polar surface area (TPSA) is 70.2 Å². The van der Waals surface area contributed by atoms with Gasteiger partial charge in [-0.15, -0.1) is 0 Å². The minimum atomic E-state index is 0.305. The molecule has 1 aromatic rings. The molecule has 1 aliphatic heterocycles. The Morgan fingerprint density at radius 3 is 1.97 bits per heavy atom. The van der Waals surface area contributed by atoms with E-state index in [0.29, 0.717) is 28.7 Å². The zero-order valence-corrected chi connectivity index (χ0v) is 23.2. The number of halogens is 1. The predicted molar refractivity (Wildman–Crippen MR) is 143 cm³/mol. The van der Waals surface area contributed by atoms with Crippen LogP contribution in [0.3, 0.4) is 0 Å². The Bertz CT molecular complexity index is 584. The molecule has 1 aliphatic rings. The number of amides is 2. The van der Waals surface area contributed by atoms with E-state index in [4.69, 9.17) is 16.4 Å². The van der Waals surface area contributed by atoms with Crippen LogP contribution in [-0.2, 0) is 9.59 Å². The summed E-state index contributed by atoms with van der Waals surface area (Å²) in [6.45, 7) is 23.3. The Balaban J connectivity index is -0.000000589. The summed E-state index contributed by atoms with van der Waals surface area (Å²) < 4.78 is 0. The van der Waals surface area contributed by atoms with Crippen molar-refractivity contribution in [3.8, 4) is 0 Å². The van der Waals surface area contributed by atoms with E-state index in [9.17, 15) is 4.79 Å². The zero-order valence-electron chi connectivity index (χ0n) is 22.4. The number of benzene rings is 1. The SMILES string of the molecule is CC.CC.CC(C)(C)CC1CNCC1c1ccc(Cl)cc1NC=O.CC(C)C.CNC=O. The summed E-state index contributed by atoms with van der Waals surface area (Å²) in [5.41, 5.74) is 2.32. The lowest BCUT2D eigenvalue weighted by Gasteiger charge is -2.28. The van der Waals surface area contributed by atoms with Crippen molar-refractivity contribution in [1.82, 2.24) is 10.6 Å². The monoisotopic (exact) mass is 471 g/mol. The van der Waals surface area contributed by atoms with E-state index in [-0.39, 0.29) is 0 Å². The summed E-state index contributed by atoms with van der Waals surface area (Å²) in [7, 11) is 1.56. The standard InChI is InChI=1S/C16H23ClN2O.C4H10.C2H5NO.2C2H6/c1-16(2,3)7-11-8-18-9-14(11)13-5-4-12(17)6-15(13)19-10-20;1-4(2)3;1-3-2-4;2*1-2/h4-6,10-11,14,18H,7-9H2,1-3H3,(H,19,20);4H,1-3H3;2H,1H3,(H,3,4);2*1-2H3. The van der Waals surface area contributed by atoms with Gasteiger partial charge < -0.3 is 16.0 Å². The molecule has 3 N–H and O–H groups in total. The van der Waals surface area contributed by atoms with Crippen LogP contribution in [0.25, 0.3) is 0 Å². The number of carbonyl (C=O) groups is 2. The van der Waals surface area contributed by atoms with E-state index in [0.717, 1.165) is 37.5 Å². The predicted octanol–water partition coefficient (Wildman–Crippen LogP) is 6.72. The molecule has 0 aliphatic carbocycles. The van der Waals surface area contributed by atoms with Crippen molar-refractivity contribution in [2.45, 2.75) is 81.6 Å². The van der Waals surface area contributed by atoms with Gasteiger partial charge in [0.15, 0.2) is 0 Å². The molecule has 6 heteroatoms. The van der Waals surface area contributed by atoms with Crippen molar-refractivity contribution in [3.05, 3.63) is 28.8 Å². The fourth-order valence-electron chi connectivity index (χ4n) is 3.14. The third-order valence-electron chi connectivity index (χ3n) is 3.96. The first kappa shape index (κ1) is 35.0. The summed E-state index contributed by atoms with van der Waals surface area (Å²) in [6.07, 6.45) is 2.50. The Morgan fingerprint density at radius 1 is 1.06 bits per heavy atom. The lowest BCUT2D eigenvalue weighted by atomic mass is 9.77. The number of carbonyl (C=O) groups excluding carboxylic acids is 2. The molecule has 188 valence electrons. The van der Waals surface area contributed by atoms with Crippen LogP contribution in [0, 0.1) is 17.3 Å². The van der Waals surface area contributed by atoms with Crippen LogP contribution in [-0.4, -0.2) is 33.0 Å². The van der Waals surface area contributed by atoms with Gasteiger partial charge in [-0.3, -0.25) is 9.59 Å². The summed E-state index contributed by atoms with van der Waals surface area (Å²) in [5, 5.41) is 9.16. The highest BCUT2D eigenvalue weighted by atomic mass is 35.5. The van der Waals surface area contributed by atoms with E-state index in [2.05, 4.69) is 57.5 Å².